The third-order valence-corrected chi connectivity index (χ3v) is 5.39. The lowest BCUT2D eigenvalue weighted by molar-refractivity contribution is 0.0882. The van der Waals surface area contributed by atoms with Crippen molar-refractivity contribution in [3.8, 4) is 11.1 Å². The summed E-state index contributed by atoms with van der Waals surface area (Å²) in [6, 6.07) is 15.0. The summed E-state index contributed by atoms with van der Waals surface area (Å²) in [5.74, 6) is -0.0828. The first kappa shape index (κ1) is 17.1. The summed E-state index contributed by atoms with van der Waals surface area (Å²) in [7, 11) is 0. The number of rotatable bonds is 6. The molecule has 1 saturated heterocycles. The van der Waals surface area contributed by atoms with Crippen LogP contribution in [-0.2, 0) is 6.54 Å². The number of amides is 1. The van der Waals surface area contributed by atoms with Crippen molar-refractivity contribution >= 4 is 5.91 Å². The van der Waals surface area contributed by atoms with Crippen LogP contribution in [0.2, 0.25) is 0 Å². The Kier molecular flexibility index (Phi) is 4.41. The van der Waals surface area contributed by atoms with E-state index in [9.17, 15) is 4.79 Å². The second-order valence-electron chi connectivity index (χ2n) is 7.69. The minimum absolute atomic E-state index is 0.0828. The van der Waals surface area contributed by atoms with Gasteiger partial charge in [-0.2, -0.15) is 5.10 Å². The fourth-order valence-corrected chi connectivity index (χ4v) is 3.64. The highest BCUT2D eigenvalue weighted by atomic mass is 16.2. The third kappa shape index (κ3) is 3.55. The molecule has 3 aromatic rings. The molecule has 1 amide bonds. The normalized spacial score (nSPS) is 17.3. The molecule has 0 atom stereocenters. The number of likely N-dealkylation sites (tertiary alicyclic amines) is 1. The summed E-state index contributed by atoms with van der Waals surface area (Å²) >= 11 is 0. The molecule has 2 aromatic heterocycles. The molecule has 1 aliphatic carbocycles. The number of nitrogens with one attached hydrogen (secondary N) is 1. The highest BCUT2D eigenvalue weighted by Gasteiger charge is 2.32. The molecule has 0 radical (unpaired) electrons. The van der Waals surface area contributed by atoms with Crippen molar-refractivity contribution in [2.45, 2.75) is 31.5 Å². The smallest absolute Gasteiger partial charge is 0.272 e. The summed E-state index contributed by atoms with van der Waals surface area (Å²) in [5.41, 5.74) is 3.60. The highest BCUT2D eigenvalue weighted by Crippen LogP contribution is 2.29. The summed E-state index contributed by atoms with van der Waals surface area (Å²) in [4.78, 5) is 19.3. The number of benzene rings is 1. The Morgan fingerprint density at radius 3 is 2.64 bits per heavy atom. The summed E-state index contributed by atoms with van der Waals surface area (Å²) in [5, 5.41) is 7.75. The Hall–Kier alpha value is -2.99. The van der Waals surface area contributed by atoms with E-state index < -0.39 is 0 Å². The van der Waals surface area contributed by atoms with Gasteiger partial charge in [0.25, 0.3) is 5.91 Å². The van der Waals surface area contributed by atoms with Gasteiger partial charge in [0.05, 0.1) is 6.04 Å². The van der Waals surface area contributed by atoms with Crippen LogP contribution in [0, 0.1) is 0 Å². The maximum atomic E-state index is 12.7. The van der Waals surface area contributed by atoms with Crippen molar-refractivity contribution in [2.24, 2.45) is 0 Å². The van der Waals surface area contributed by atoms with Crippen LogP contribution in [0.5, 0.6) is 0 Å². The van der Waals surface area contributed by atoms with Crippen LogP contribution in [0.15, 0.2) is 61.1 Å². The molecule has 2 aliphatic rings. The lowest BCUT2D eigenvalue weighted by Crippen LogP contribution is -2.47. The molecule has 1 saturated carbocycles. The largest absolute Gasteiger partial charge is 0.348 e. The number of carbonyl (C=O) groups is 1. The first-order chi connectivity index (χ1) is 13.8. The Balaban J connectivity index is 1.34. The average molecular weight is 373 g/mol. The van der Waals surface area contributed by atoms with Gasteiger partial charge >= 0.3 is 0 Å². The minimum Gasteiger partial charge on any atom is -0.348 e. The zero-order valence-electron chi connectivity index (χ0n) is 15.7. The van der Waals surface area contributed by atoms with Crippen molar-refractivity contribution in [1.82, 2.24) is 25.0 Å². The molecule has 0 spiro atoms. The summed E-state index contributed by atoms with van der Waals surface area (Å²) in [6.07, 6.45) is 7.66. The lowest BCUT2D eigenvalue weighted by Gasteiger charge is -2.39. The Labute approximate surface area is 164 Å². The lowest BCUT2D eigenvalue weighted by atomic mass is 10.1. The van der Waals surface area contributed by atoms with Crippen molar-refractivity contribution in [3.05, 3.63) is 72.3 Å². The quantitative estimate of drug-likeness (QED) is 0.722. The van der Waals surface area contributed by atoms with Crippen molar-refractivity contribution in [1.29, 1.82) is 0 Å². The van der Waals surface area contributed by atoms with E-state index in [4.69, 9.17) is 0 Å². The topological polar surface area (TPSA) is 63.1 Å². The predicted octanol–water partition coefficient (Wildman–Crippen LogP) is 2.89. The molecule has 0 unspecified atom stereocenters. The van der Waals surface area contributed by atoms with Gasteiger partial charge in [0, 0.05) is 55.4 Å². The molecule has 2 fully saturated rings. The monoisotopic (exact) mass is 373 g/mol. The maximum Gasteiger partial charge on any atom is 0.272 e. The van der Waals surface area contributed by atoms with E-state index in [1.807, 2.05) is 29.1 Å². The average Bonchev–Trinajstić information content (AvgIpc) is 3.40. The minimum atomic E-state index is -0.0828. The Morgan fingerprint density at radius 1 is 1.11 bits per heavy atom. The van der Waals surface area contributed by atoms with E-state index in [1.54, 1.807) is 12.4 Å². The van der Waals surface area contributed by atoms with Crippen LogP contribution in [0.25, 0.3) is 11.1 Å². The molecule has 28 heavy (non-hydrogen) atoms. The van der Waals surface area contributed by atoms with Crippen LogP contribution in [0.4, 0.5) is 0 Å². The molecule has 6 heteroatoms. The number of aromatic nitrogens is 3. The number of nitrogens with zero attached hydrogens (tertiary/aromatic N) is 4. The molecule has 3 heterocycles. The molecule has 1 aliphatic heterocycles. The first-order valence-electron chi connectivity index (χ1n) is 9.83. The van der Waals surface area contributed by atoms with Crippen molar-refractivity contribution in [3.63, 3.8) is 0 Å². The Morgan fingerprint density at radius 2 is 1.93 bits per heavy atom. The standard InChI is InChI=1S/C22H23N5O/c28-22(24-18-8-9-18)21-20(17-7-4-10-23-11-17)15-27(25-21)19-13-26(14-19)12-16-5-2-1-3-6-16/h1-7,10-11,15,18-19H,8-9,12-14H2,(H,24,28). The van der Waals surface area contributed by atoms with Gasteiger partial charge < -0.3 is 5.32 Å². The SMILES string of the molecule is O=C(NC1CC1)c1nn(C2CN(Cc3ccccc3)C2)cc1-c1cccnc1. The molecular weight excluding hydrogens is 350 g/mol. The number of pyridine rings is 1. The Bertz CT molecular complexity index is 959. The number of carbonyl (C=O) groups excluding carboxylic acids is 1. The van der Waals surface area contributed by atoms with Gasteiger partial charge in [0.15, 0.2) is 5.69 Å². The number of hydrogen-bond donors (Lipinski definition) is 1. The van der Waals surface area contributed by atoms with Crippen LogP contribution < -0.4 is 5.32 Å². The fraction of sp³-hybridized carbons (Fsp3) is 0.318. The molecule has 1 aromatic carbocycles. The second-order valence-corrected chi connectivity index (χ2v) is 7.69. The van der Waals surface area contributed by atoms with Gasteiger partial charge in [0.1, 0.15) is 0 Å². The van der Waals surface area contributed by atoms with Crippen LogP contribution in [-0.4, -0.2) is 44.7 Å². The molecular formula is C22H23N5O. The van der Waals surface area contributed by atoms with Gasteiger partial charge in [-0.05, 0) is 24.5 Å². The van der Waals surface area contributed by atoms with E-state index >= 15 is 0 Å². The van der Waals surface area contributed by atoms with E-state index in [0.29, 0.717) is 17.8 Å². The van der Waals surface area contributed by atoms with Crippen molar-refractivity contribution in [2.75, 3.05) is 13.1 Å². The molecule has 5 rings (SSSR count). The second kappa shape index (κ2) is 7.20. The number of hydrogen-bond acceptors (Lipinski definition) is 4. The van der Waals surface area contributed by atoms with E-state index in [1.165, 1.54) is 5.56 Å². The van der Waals surface area contributed by atoms with Gasteiger partial charge in [-0.15, -0.1) is 0 Å². The van der Waals surface area contributed by atoms with E-state index in [0.717, 1.165) is 43.6 Å². The molecule has 0 bridgehead atoms. The van der Waals surface area contributed by atoms with Crippen LogP contribution in [0.3, 0.4) is 0 Å². The zero-order valence-corrected chi connectivity index (χ0v) is 15.7. The van der Waals surface area contributed by atoms with Crippen LogP contribution >= 0.6 is 0 Å². The molecule has 1 N–H and O–H groups in total. The first-order valence-corrected chi connectivity index (χ1v) is 9.83. The van der Waals surface area contributed by atoms with Gasteiger partial charge in [0.2, 0.25) is 0 Å². The zero-order chi connectivity index (χ0) is 18.9. The highest BCUT2D eigenvalue weighted by molar-refractivity contribution is 5.99. The van der Waals surface area contributed by atoms with Crippen LogP contribution in [0.1, 0.15) is 34.9 Å². The predicted molar refractivity (Wildman–Crippen MR) is 107 cm³/mol. The van der Waals surface area contributed by atoms with Gasteiger partial charge in [-0.3, -0.25) is 19.4 Å². The van der Waals surface area contributed by atoms with Gasteiger partial charge in [-0.1, -0.05) is 36.4 Å². The summed E-state index contributed by atoms with van der Waals surface area (Å²) in [6.45, 7) is 2.82. The van der Waals surface area contributed by atoms with E-state index in [2.05, 4.69) is 44.6 Å². The van der Waals surface area contributed by atoms with Crippen molar-refractivity contribution < 1.29 is 4.79 Å². The molecule has 142 valence electrons. The van der Waals surface area contributed by atoms with Gasteiger partial charge in [-0.25, -0.2) is 0 Å². The molecule has 6 nitrogen and oxygen atoms in total. The fourth-order valence-electron chi connectivity index (χ4n) is 3.64. The summed E-state index contributed by atoms with van der Waals surface area (Å²) < 4.78 is 1.96. The third-order valence-electron chi connectivity index (χ3n) is 5.39. The maximum absolute atomic E-state index is 12.7. The van der Waals surface area contributed by atoms with E-state index in [-0.39, 0.29) is 5.91 Å².